The number of carbonyl (C=O) groups is 2. The Morgan fingerprint density at radius 2 is 1.69 bits per heavy atom. The highest BCUT2D eigenvalue weighted by molar-refractivity contribution is 6.46. The van der Waals surface area contributed by atoms with E-state index in [2.05, 4.69) is 0 Å². The molecule has 6 heteroatoms. The summed E-state index contributed by atoms with van der Waals surface area (Å²) >= 11 is 0. The number of Topliss-reactive ketones (excluding diaryl/α,β-unsaturated/α-hetero) is 1. The molecule has 0 aliphatic carbocycles. The van der Waals surface area contributed by atoms with Crippen LogP contribution < -0.4 is 4.74 Å². The van der Waals surface area contributed by atoms with Crippen molar-refractivity contribution in [1.29, 1.82) is 0 Å². The Morgan fingerprint density at radius 1 is 1.07 bits per heavy atom. The van der Waals surface area contributed by atoms with Gasteiger partial charge in [0.25, 0.3) is 11.7 Å². The molecule has 1 atom stereocenters. The molecule has 3 rings (SSSR count). The van der Waals surface area contributed by atoms with Crippen molar-refractivity contribution in [3.8, 4) is 5.75 Å². The number of aliphatic hydroxyl groups excluding tert-OH is 1. The maximum Gasteiger partial charge on any atom is 0.295 e. The number of benzene rings is 2. The third-order valence-electron chi connectivity index (χ3n) is 5.08. The van der Waals surface area contributed by atoms with Crippen LogP contribution in [0.15, 0.2) is 54.1 Å². The number of methoxy groups -OCH3 is 1. The maximum absolute atomic E-state index is 12.9. The van der Waals surface area contributed by atoms with Crippen molar-refractivity contribution in [2.75, 3.05) is 34.3 Å². The van der Waals surface area contributed by atoms with E-state index in [-0.39, 0.29) is 11.3 Å². The second kappa shape index (κ2) is 8.49. The van der Waals surface area contributed by atoms with Crippen molar-refractivity contribution in [3.63, 3.8) is 0 Å². The normalized spacial score (nSPS) is 18.5. The van der Waals surface area contributed by atoms with E-state index >= 15 is 0 Å². The highest BCUT2D eigenvalue weighted by atomic mass is 16.5. The molecule has 6 nitrogen and oxygen atoms in total. The largest absolute Gasteiger partial charge is 0.507 e. The first-order valence-corrected chi connectivity index (χ1v) is 9.47. The second-order valence-electron chi connectivity index (χ2n) is 7.43. The van der Waals surface area contributed by atoms with Crippen LogP contribution in [0.2, 0.25) is 0 Å². The van der Waals surface area contributed by atoms with Crippen LogP contribution in [0, 0.1) is 6.92 Å². The molecule has 0 saturated carbocycles. The number of ether oxygens (including phenoxy) is 1. The monoisotopic (exact) mass is 394 g/mol. The molecule has 1 heterocycles. The molecule has 1 fully saturated rings. The van der Waals surface area contributed by atoms with E-state index in [1.165, 1.54) is 4.90 Å². The quantitative estimate of drug-likeness (QED) is 0.463. The summed E-state index contributed by atoms with van der Waals surface area (Å²) in [6, 6.07) is 13.8. The van der Waals surface area contributed by atoms with Gasteiger partial charge in [0.2, 0.25) is 0 Å². The Balaban J connectivity index is 2.12. The number of likely N-dealkylation sites (N-methyl/N-ethyl adjacent to an activating group) is 1. The lowest BCUT2D eigenvalue weighted by Crippen LogP contribution is -2.35. The molecular weight excluding hydrogens is 368 g/mol. The van der Waals surface area contributed by atoms with Crippen molar-refractivity contribution >= 4 is 17.4 Å². The van der Waals surface area contributed by atoms with Gasteiger partial charge in [-0.2, -0.15) is 0 Å². The number of likely N-dealkylation sites (tertiary alicyclic amines) is 1. The van der Waals surface area contributed by atoms with E-state index in [9.17, 15) is 14.7 Å². The number of aryl methyl sites for hydroxylation is 1. The van der Waals surface area contributed by atoms with E-state index < -0.39 is 17.7 Å². The molecule has 0 unspecified atom stereocenters. The first-order valence-electron chi connectivity index (χ1n) is 9.47. The number of aliphatic hydroxyl groups is 1. The van der Waals surface area contributed by atoms with Gasteiger partial charge < -0.3 is 19.6 Å². The number of amides is 1. The third-order valence-corrected chi connectivity index (χ3v) is 5.08. The van der Waals surface area contributed by atoms with E-state index in [1.54, 1.807) is 31.4 Å². The minimum absolute atomic E-state index is 0.114. The standard InChI is InChI=1S/C23H26N2O4/c1-15-5-7-17(8-6-15)21(26)19-20(16-9-11-18(29-4)12-10-16)25(14-13-24(2)3)23(28)22(19)27/h5-12,20,26H,13-14H2,1-4H3/t20-/m1/s1. The second-order valence-corrected chi connectivity index (χ2v) is 7.43. The summed E-state index contributed by atoms with van der Waals surface area (Å²) in [5.41, 5.74) is 2.42. The Labute approximate surface area is 171 Å². The molecule has 29 heavy (non-hydrogen) atoms. The molecule has 2 aromatic carbocycles. The first-order chi connectivity index (χ1) is 13.8. The fourth-order valence-corrected chi connectivity index (χ4v) is 3.42. The predicted octanol–water partition coefficient (Wildman–Crippen LogP) is 2.99. The molecule has 0 radical (unpaired) electrons. The van der Waals surface area contributed by atoms with Crippen LogP contribution in [0.5, 0.6) is 5.75 Å². The number of hydrogen-bond acceptors (Lipinski definition) is 5. The zero-order valence-corrected chi connectivity index (χ0v) is 17.2. The minimum atomic E-state index is -0.664. The van der Waals surface area contributed by atoms with Crippen molar-refractivity contribution in [1.82, 2.24) is 9.80 Å². The van der Waals surface area contributed by atoms with Gasteiger partial charge in [-0.1, -0.05) is 42.0 Å². The van der Waals surface area contributed by atoms with Crippen molar-refractivity contribution in [2.24, 2.45) is 0 Å². The van der Waals surface area contributed by atoms with Crippen LogP contribution in [0.25, 0.3) is 5.76 Å². The zero-order valence-electron chi connectivity index (χ0n) is 17.2. The van der Waals surface area contributed by atoms with E-state index in [1.807, 2.05) is 50.2 Å². The van der Waals surface area contributed by atoms with Crippen molar-refractivity contribution < 1.29 is 19.4 Å². The molecule has 0 aromatic heterocycles. The summed E-state index contributed by atoms with van der Waals surface area (Å²) < 4.78 is 5.22. The van der Waals surface area contributed by atoms with Crippen LogP contribution in [-0.4, -0.2) is 60.9 Å². The van der Waals surface area contributed by atoms with Gasteiger partial charge in [-0.05, 0) is 38.7 Å². The van der Waals surface area contributed by atoms with Gasteiger partial charge >= 0.3 is 0 Å². The predicted molar refractivity (Wildman–Crippen MR) is 112 cm³/mol. The van der Waals surface area contributed by atoms with Crippen LogP contribution in [-0.2, 0) is 9.59 Å². The molecule has 152 valence electrons. The summed E-state index contributed by atoms with van der Waals surface area (Å²) in [5, 5.41) is 11.0. The maximum atomic E-state index is 12.9. The Kier molecular flexibility index (Phi) is 6.03. The van der Waals surface area contributed by atoms with Gasteiger partial charge in [0.05, 0.1) is 18.7 Å². The summed E-state index contributed by atoms with van der Waals surface area (Å²) in [6.07, 6.45) is 0. The first kappa shape index (κ1) is 20.6. The summed E-state index contributed by atoms with van der Waals surface area (Å²) in [7, 11) is 5.39. The Hall–Kier alpha value is -3.12. The Morgan fingerprint density at radius 3 is 2.24 bits per heavy atom. The zero-order chi connectivity index (χ0) is 21.1. The topological polar surface area (TPSA) is 70.1 Å². The lowest BCUT2D eigenvalue weighted by Gasteiger charge is -2.26. The summed E-state index contributed by atoms with van der Waals surface area (Å²) in [4.78, 5) is 29.2. The number of nitrogens with zero attached hydrogens (tertiary/aromatic N) is 2. The Bertz CT molecular complexity index is 930. The van der Waals surface area contributed by atoms with Crippen molar-refractivity contribution in [2.45, 2.75) is 13.0 Å². The van der Waals surface area contributed by atoms with Crippen LogP contribution in [0.1, 0.15) is 22.7 Å². The lowest BCUT2D eigenvalue weighted by atomic mass is 9.95. The molecule has 0 bridgehead atoms. The number of ketones is 1. The van der Waals surface area contributed by atoms with E-state index in [4.69, 9.17) is 4.74 Å². The molecule has 0 spiro atoms. The van der Waals surface area contributed by atoms with Gasteiger partial charge in [-0.15, -0.1) is 0 Å². The van der Waals surface area contributed by atoms with Crippen molar-refractivity contribution in [3.05, 3.63) is 70.8 Å². The average molecular weight is 394 g/mol. The molecular formula is C23H26N2O4. The smallest absolute Gasteiger partial charge is 0.295 e. The van der Waals surface area contributed by atoms with Crippen LogP contribution >= 0.6 is 0 Å². The molecule has 1 aliphatic rings. The third kappa shape index (κ3) is 4.17. The molecule has 1 amide bonds. The van der Waals surface area contributed by atoms with E-state index in [0.717, 1.165) is 11.1 Å². The number of rotatable bonds is 6. The van der Waals surface area contributed by atoms with Crippen LogP contribution in [0.3, 0.4) is 0 Å². The highest BCUT2D eigenvalue weighted by Gasteiger charge is 2.45. The van der Waals surface area contributed by atoms with Gasteiger partial charge in [0, 0.05) is 18.7 Å². The van der Waals surface area contributed by atoms with Gasteiger partial charge in [0.15, 0.2) is 0 Å². The SMILES string of the molecule is COc1ccc([C@@H]2C(=C(O)c3ccc(C)cc3)C(=O)C(=O)N2CCN(C)C)cc1. The van der Waals surface area contributed by atoms with Gasteiger partial charge in [-0.25, -0.2) is 0 Å². The summed E-state index contributed by atoms with van der Waals surface area (Å²) in [6.45, 7) is 2.92. The molecule has 2 aromatic rings. The number of carbonyl (C=O) groups excluding carboxylic acids is 2. The highest BCUT2D eigenvalue weighted by Crippen LogP contribution is 2.39. The summed E-state index contributed by atoms with van der Waals surface area (Å²) in [5.74, 6) is -0.738. The average Bonchev–Trinajstić information content (AvgIpc) is 2.97. The van der Waals surface area contributed by atoms with Gasteiger partial charge in [-0.3, -0.25) is 9.59 Å². The molecule has 1 saturated heterocycles. The number of hydrogen-bond donors (Lipinski definition) is 1. The fraction of sp³-hybridized carbons (Fsp3) is 0.304. The van der Waals surface area contributed by atoms with Crippen LogP contribution in [0.4, 0.5) is 0 Å². The van der Waals surface area contributed by atoms with Gasteiger partial charge in [0.1, 0.15) is 11.5 Å². The fourth-order valence-electron chi connectivity index (χ4n) is 3.42. The molecule has 1 N–H and O–H groups in total. The molecule has 1 aliphatic heterocycles. The van der Waals surface area contributed by atoms with E-state index in [0.29, 0.717) is 24.4 Å². The minimum Gasteiger partial charge on any atom is -0.507 e. The lowest BCUT2D eigenvalue weighted by molar-refractivity contribution is -0.140.